The van der Waals surface area contributed by atoms with Crippen molar-refractivity contribution in [3.8, 4) is 0 Å². The SMILES string of the molecule is O=[N+]([O-])/C=C\c1ccccc1CCBr. The van der Waals surface area contributed by atoms with Crippen molar-refractivity contribution in [3.63, 3.8) is 0 Å². The topological polar surface area (TPSA) is 43.1 Å². The van der Waals surface area contributed by atoms with Crippen molar-refractivity contribution < 1.29 is 4.92 Å². The molecule has 1 aromatic carbocycles. The van der Waals surface area contributed by atoms with Crippen LogP contribution >= 0.6 is 15.9 Å². The van der Waals surface area contributed by atoms with Crippen LogP contribution in [0.4, 0.5) is 0 Å². The molecule has 0 atom stereocenters. The molecule has 0 saturated heterocycles. The zero-order valence-electron chi connectivity index (χ0n) is 7.52. The molecule has 0 unspecified atom stereocenters. The van der Waals surface area contributed by atoms with E-state index in [0.717, 1.165) is 29.1 Å². The lowest BCUT2D eigenvalue weighted by molar-refractivity contribution is -0.400. The van der Waals surface area contributed by atoms with E-state index in [4.69, 9.17) is 0 Å². The molecule has 0 fully saturated rings. The van der Waals surface area contributed by atoms with E-state index in [0.29, 0.717) is 0 Å². The van der Waals surface area contributed by atoms with Crippen molar-refractivity contribution in [1.82, 2.24) is 0 Å². The van der Waals surface area contributed by atoms with E-state index in [1.807, 2.05) is 24.3 Å². The Morgan fingerprint density at radius 1 is 1.43 bits per heavy atom. The Balaban J connectivity index is 2.89. The lowest BCUT2D eigenvalue weighted by atomic mass is 10.1. The summed E-state index contributed by atoms with van der Waals surface area (Å²) in [4.78, 5) is 9.70. The minimum atomic E-state index is -0.453. The Kier molecular flexibility index (Phi) is 4.32. The maximum atomic E-state index is 10.2. The van der Waals surface area contributed by atoms with Crippen LogP contribution in [0, 0.1) is 10.1 Å². The van der Waals surface area contributed by atoms with E-state index in [1.165, 1.54) is 6.08 Å². The molecule has 74 valence electrons. The first-order chi connectivity index (χ1) is 6.74. The monoisotopic (exact) mass is 255 g/mol. The Bertz CT molecular complexity index is 350. The number of benzene rings is 1. The van der Waals surface area contributed by atoms with E-state index >= 15 is 0 Å². The standard InChI is InChI=1S/C10H10BrNO2/c11-7-5-9-3-1-2-4-10(9)6-8-12(13)14/h1-4,6,8H,5,7H2/b8-6-. The van der Waals surface area contributed by atoms with Gasteiger partial charge in [0.05, 0.1) is 4.92 Å². The highest BCUT2D eigenvalue weighted by molar-refractivity contribution is 9.09. The Hall–Kier alpha value is -1.16. The molecule has 0 aliphatic rings. The summed E-state index contributed by atoms with van der Waals surface area (Å²) >= 11 is 3.34. The third-order valence-corrected chi connectivity index (χ3v) is 2.19. The molecule has 0 N–H and O–H groups in total. The van der Waals surface area contributed by atoms with Gasteiger partial charge < -0.3 is 0 Å². The summed E-state index contributed by atoms with van der Waals surface area (Å²) in [6.45, 7) is 0. The first-order valence-corrected chi connectivity index (χ1v) is 5.31. The van der Waals surface area contributed by atoms with E-state index in [9.17, 15) is 10.1 Å². The highest BCUT2D eigenvalue weighted by Crippen LogP contribution is 2.12. The highest BCUT2D eigenvalue weighted by atomic mass is 79.9. The molecule has 0 aromatic heterocycles. The molecule has 0 saturated carbocycles. The smallest absolute Gasteiger partial charge is 0.235 e. The number of hydrogen-bond donors (Lipinski definition) is 0. The average Bonchev–Trinajstić information content (AvgIpc) is 2.17. The van der Waals surface area contributed by atoms with Gasteiger partial charge in [0, 0.05) is 11.4 Å². The van der Waals surface area contributed by atoms with Gasteiger partial charge in [-0.15, -0.1) is 0 Å². The fourth-order valence-corrected chi connectivity index (χ4v) is 1.59. The maximum absolute atomic E-state index is 10.2. The quantitative estimate of drug-likeness (QED) is 0.472. The number of nitro groups is 1. The summed E-state index contributed by atoms with van der Waals surface area (Å²) in [5, 5.41) is 11.0. The van der Waals surface area contributed by atoms with Crippen LogP contribution < -0.4 is 0 Å². The number of nitrogens with zero attached hydrogens (tertiary/aromatic N) is 1. The minimum absolute atomic E-state index is 0.453. The number of rotatable bonds is 4. The van der Waals surface area contributed by atoms with E-state index in [-0.39, 0.29) is 0 Å². The molecule has 0 spiro atoms. The Labute approximate surface area is 90.7 Å². The van der Waals surface area contributed by atoms with Crippen LogP contribution in [0.5, 0.6) is 0 Å². The Morgan fingerprint density at radius 2 is 2.14 bits per heavy atom. The first kappa shape index (κ1) is 10.9. The molecule has 0 aliphatic heterocycles. The van der Waals surface area contributed by atoms with Crippen LogP contribution in [0.15, 0.2) is 30.5 Å². The second-order valence-corrected chi connectivity index (χ2v) is 3.53. The molecule has 1 aromatic rings. The van der Waals surface area contributed by atoms with E-state index in [1.54, 1.807) is 0 Å². The average molecular weight is 256 g/mol. The lowest BCUT2D eigenvalue weighted by Crippen LogP contribution is -1.90. The minimum Gasteiger partial charge on any atom is -0.259 e. The molecular weight excluding hydrogens is 246 g/mol. The summed E-state index contributed by atoms with van der Waals surface area (Å²) < 4.78 is 0. The van der Waals surface area contributed by atoms with Crippen LogP contribution in [-0.2, 0) is 6.42 Å². The van der Waals surface area contributed by atoms with Crippen molar-refractivity contribution in [2.45, 2.75) is 6.42 Å². The second-order valence-electron chi connectivity index (χ2n) is 2.74. The maximum Gasteiger partial charge on any atom is 0.235 e. The van der Waals surface area contributed by atoms with Gasteiger partial charge in [0.2, 0.25) is 6.20 Å². The van der Waals surface area contributed by atoms with E-state index < -0.39 is 4.92 Å². The van der Waals surface area contributed by atoms with Crippen LogP contribution in [0.1, 0.15) is 11.1 Å². The largest absolute Gasteiger partial charge is 0.259 e. The molecule has 0 heterocycles. The first-order valence-electron chi connectivity index (χ1n) is 4.19. The zero-order valence-corrected chi connectivity index (χ0v) is 9.11. The molecule has 4 heteroatoms. The van der Waals surface area contributed by atoms with Gasteiger partial charge in [-0.3, -0.25) is 10.1 Å². The third kappa shape index (κ3) is 3.30. The van der Waals surface area contributed by atoms with Gasteiger partial charge >= 0.3 is 0 Å². The van der Waals surface area contributed by atoms with Crippen molar-refractivity contribution in [1.29, 1.82) is 0 Å². The van der Waals surface area contributed by atoms with Gasteiger partial charge in [0.1, 0.15) is 0 Å². The van der Waals surface area contributed by atoms with Gasteiger partial charge in [-0.2, -0.15) is 0 Å². The lowest BCUT2D eigenvalue weighted by Gasteiger charge is -2.01. The summed E-state index contributed by atoms with van der Waals surface area (Å²) in [7, 11) is 0. The predicted molar refractivity (Wildman–Crippen MR) is 60.0 cm³/mol. The number of halogens is 1. The summed E-state index contributed by atoms with van der Waals surface area (Å²) in [5.41, 5.74) is 2.02. The van der Waals surface area contributed by atoms with Crippen LogP contribution in [-0.4, -0.2) is 10.3 Å². The highest BCUT2D eigenvalue weighted by Gasteiger charge is 1.98. The van der Waals surface area contributed by atoms with Crippen LogP contribution in [0.25, 0.3) is 6.08 Å². The zero-order chi connectivity index (χ0) is 10.4. The molecule has 14 heavy (non-hydrogen) atoms. The molecule has 0 radical (unpaired) electrons. The molecule has 0 bridgehead atoms. The second kappa shape index (κ2) is 5.54. The molecular formula is C10H10BrNO2. The number of hydrogen-bond acceptors (Lipinski definition) is 2. The van der Waals surface area contributed by atoms with Gasteiger partial charge in [-0.25, -0.2) is 0 Å². The predicted octanol–water partition coefficient (Wildman–Crippen LogP) is 2.87. The molecule has 1 rings (SSSR count). The van der Waals surface area contributed by atoms with Crippen molar-refractivity contribution in [2.24, 2.45) is 0 Å². The third-order valence-electron chi connectivity index (χ3n) is 1.79. The molecule has 0 aliphatic carbocycles. The van der Waals surface area contributed by atoms with Gasteiger partial charge in [-0.1, -0.05) is 40.2 Å². The molecule has 3 nitrogen and oxygen atoms in total. The number of aryl methyl sites for hydroxylation is 1. The van der Waals surface area contributed by atoms with Crippen molar-refractivity contribution >= 4 is 22.0 Å². The van der Waals surface area contributed by atoms with Gasteiger partial charge in [0.25, 0.3) is 0 Å². The van der Waals surface area contributed by atoms with Gasteiger partial charge in [0.15, 0.2) is 0 Å². The molecule has 0 amide bonds. The summed E-state index contributed by atoms with van der Waals surface area (Å²) in [6, 6.07) is 7.65. The van der Waals surface area contributed by atoms with Crippen molar-refractivity contribution in [3.05, 3.63) is 51.7 Å². The van der Waals surface area contributed by atoms with E-state index in [2.05, 4.69) is 15.9 Å². The van der Waals surface area contributed by atoms with Crippen LogP contribution in [0.3, 0.4) is 0 Å². The fourth-order valence-electron chi connectivity index (χ4n) is 1.17. The summed E-state index contributed by atoms with van der Waals surface area (Å²) in [6.07, 6.45) is 3.36. The number of alkyl halides is 1. The fraction of sp³-hybridized carbons (Fsp3) is 0.200. The normalized spacial score (nSPS) is 10.6. The van der Waals surface area contributed by atoms with Gasteiger partial charge in [-0.05, 0) is 17.5 Å². The van der Waals surface area contributed by atoms with Crippen LogP contribution in [0.2, 0.25) is 0 Å². The summed E-state index contributed by atoms with van der Waals surface area (Å²) in [5.74, 6) is 0. The Morgan fingerprint density at radius 3 is 2.79 bits per heavy atom. The van der Waals surface area contributed by atoms with Crippen molar-refractivity contribution in [2.75, 3.05) is 5.33 Å².